The Hall–Kier alpha value is -2.88. The van der Waals surface area contributed by atoms with Crippen LogP contribution in [0.1, 0.15) is 0 Å². The van der Waals surface area contributed by atoms with Crippen molar-refractivity contribution in [1.29, 1.82) is 0 Å². The maximum Gasteiger partial charge on any atom is 0.422 e. The summed E-state index contributed by atoms with van der Waals surface area (Å²) in [7, 11) is 0. The van der Waals surface area contributed by atoms with Crippen LogP contribution in [0.5, 0.6) is 5.88 Å². The lowest BCUT2D eigenvalue weighted by molar-refractivity contribution is -0.154. The number of ether oxygens (including phenoxy) is 2. The molecule has 0 aromatic carbocycles. The van der Waals surface area contributed by atoms with Gasteiger partial charge in [0.05, 0.1) is 24.9 Å². The number of morpholine rings is 1. The molecule has 0 atom stereocenters. The molecule has 142 valence electrons. The Labute approximate surface area is 152 Å². The first-order valence-corrected chi connectivity index (χ1v) is 8.32. The van der Waals surface area contributed by atoms with Crippen molar-refractivity contribution in [2.75, 3.05) is 37.8 Å². The van der Waals surface area contributed by atoms with Gasteiger partial charge in [-0.1, -0.05) is 0 Å². The number of fused-ring (bicyclic) bond motifs is 1. The smallest absolute Gasteiger partial charge is 0.422 e. The fourth-order valence-corrected chi connectivity index (χ4v) is 2.88. The Morgan fingerprint density at radius 3 is 2.78 bits per heavy atom. The highest BCUT2D eigenvalue weighted by Gasteiger charge is 2.28. The SMILES string of the molecule is FC(F)(F)COc1cc2c(-c3ccnc(N4CCOCC4)c3)n[nH]c2cn1. The van der Waals surface area contributed by atoms with Crippen molar-refractivity contribution in [1.82, 2.24) is 20.2 Å². The molecule has 1 saturated heterocycles. The topological polar surface area (TPSA) is 76.2 Å². The Morgan fingerprint density at radius 1 is 1.19 bits per heavy atom. The van der Waals surface area contributed by atoms with Gasteiger partial charge in [0.1, 0.15) is 11.5 Å². The first-order chi connectivity index (χ1) is 13.0. The van der Waals surface area contributed by atoms with Gasteiger partial charge < -0.3 is 14.4 Å². The fourth-order valence-electron chi connectivity index (χ4n) is 2.88. The first-order valence-electron chi connectivity index (χ1n) is 8.32. The van der Waals surface area contributed by atoms with Crippen molar-refractivity contribution in [3.05, 3.63) is 30.6 Å². The summed E-state index contributed by atoms with van der Waals surface area (Å²) in [6, 6.07) is 5.16. The summed E-state index contributed by atoms with van der Waals surface area (Å²) in [6.45, 7) is 1.38. The highest BCUT2D eigenvalue weighted by molar-refractivity contribution is 5.93. The summed E-state index contributed by atoms with van der Waals surface area (Å²) in [5, 5.41) is 7.76. The molecule has 4 rings (SSSR count). The van der Waals surface area contributed by atoms with Gasteiger partial charge in [-0.2, -0.15) is 18.3 Å². The number of hydrogen-bond acceptors (Lipinski definition) is 6. The summed E-state index contributed by atoms with van der Waals surface area (Å²) in [5.41, 5.74) is 2.00. The minimum atomic E-state index is -4.42. The second-order valence-corrected chi connectivity index (χ2v) is 6.05. The maximum absolute atomic E-state index is 12.4. The number of aromatic amines is 1. The van der Waals surface area contributed by atoms with Crippen molar-refractivity contribution in [2.24, 2.45) is 0 Å². The fraction of sp³-hybridized carbons (Fsp3) is 0.353. The second-order valence-electron chi connectivity index (χ2n) is 6.05. The first kappa shape index (κ1) is 17.5. The van der Waals surface area contributed by atoms with Crippen LogP contribution in [0, 0.1) is 0 Å². The third-order valence-corrected chi connectivity index (χ3v) is 4.16. The summed E-state index contributed by atoms with van der Waals surface area (Å²) < 4.78 is 47.2. The van der Waals surface area contributed by atoms with Crippen LogP contribution in [0.4, 0.5) is 19.0 Å². The van der Waals surface area contributed by atoms with E-state index in [9.17, 15) is 13.2 Å². The molecular formula is C17H16F3N5O2. The van der Waals surface area contributed by atoms with Crippen LogP contribution in [0.3, 0.4) is 0 Å². The third kappa shape index (κ3) is 3.95. The molecule has 0 bridgehead atoms. The van der Waals surface area contributed by atoms with Crippen LogP contribution in [-0.2, 0) is 4.74 Å². The van der Waals surface area contributed by atoms with E-state index in [1.807, 2.05) is 6.07 Å². The van der Waals surface area contributed by atoms with Gasteiger partial charge in [-0.3, -0.25) is 5.10 Å². The molecule has 1 N–H and O–H groups in total. The third-order valence-electron chi connectivity index (χ3n) is 4.16. The van der Waals surface area contributed by atoms with E-state index in [-0.39, 0.29) is 5.88 Å². The average Bonchev–Trinajstić information content (AvgIpc) is 3.10. The van der Waals surface area contributed by atoms with Crippen LogP contribution >= 0.6 is 0 Å². The van der Waals surface area contributed by atoms with E-state index in [0.717, 1.165) is 24.5 Å². The van der Waals surface area contributed by atoms with Crippen molar-refractivity contribution < 1.29 is 22.6 Å². The number of nitrogens with zero attached hydrogens (tertiary/aromatic N) is 4. The van der Waals surface area contributed by atoms with E-state index >= 15 is 0 Å². The van der Waals surface area contributed by atoms with Crippen molar-refractivity contribution in [2.45, 2.75) is 6.18 Å². The highest BCUT2D eigenvalue weighted by atomic mass is 19.4. The van der Waals surface area contributed by atoms with E-state index in [1.165, 1.54) is 12.3 Å². The second kappa shape index (κ2) is 7.03. The summed E-state index contributed by atoms with van der Waals surface area (Å²) >= 11 is 0. The van der Waals surface area contributed by atoms with Gasteiger partial charge in [0.25, 0.3) is 0 Å². The van der Waals surface area contributed by atoms with Crippen LogP contribution < -0.4 is 9.64 Å². The standard InChI is InChI=1S/C17H16F3N5O2/c18-17(19,20)10-27-15-8-12-13(9-22-15)23-24-16(12)11-1-2-21-14(7-11)25-3-5-26-6-4-25/h1-2,7-9H,3-6,10H2,(H,23,24). The predicted molar refractivity (Wildman–Crippen MR) is 91.7 cm³/mol. The van der Waals surface area contributed by atoms with E-state index in [1.54, 1.807) is 12.3 Å². The molecule has 3 aromatic rings. The largest absolute Gasteiger partial charge is 0.468 e. The van der Waals surface area contributed by atoms with Crippen LogP contribution in [0.25, 0.3) is 22.2 Å². The molecule has 0 saturated carbocycles. The average molecular weight is 379 g/mol. The zero-order chi connectivity index (χ0) is 18.9. The summed E-state index contributed by atoms with van der Waals surface area (Å²) in [6.07, 6.45) is -1.33. The minimum Gasteiger partial charge on any atom is -0.468 e. The van der Waals surface area contributed by atoms with Gasteiger partial charge in [0, 0.05) is 36.3 Å². The molecular weight excluding hydrogens is 363 g/mol. The number of halogens is 3. The lowest BCUT2D eigenvalue weighted by Gasteiger charge is -2.27. The molecule has 3 aromatic heterocycles. The number of aromatic nitrogens is 4. The van der Waals surface area contributed by atoms with Gasteiger partial charge >= 0.3 is 6.18 Å². The highest BCUT2D eigenvalue weighted by Crippen LogP contribution is 2.30. The van der Waals surface area contributed by atoms with E-state index < -0.39 is 12.8 Å². The lowest BCUT2D eigenvalue weighted by atomic mass is 10.1. The van der Waals surface area contributed by atoms with Crippen molar-refractivity contribution in [3.8, 4) is 17.1 Å². The van der Waals surface area contributed by atoms with Crippen molar-refractivity contribution >= 4 is 16.7 Å². The quantitative estimate of drug-likeness (QED) is 0.751. The van der Waals surface area contributed by atoms with Crippen LogP contribution in [-0.4, -0.2) is 59.3 Å². The van der Waals surface area contributed by atoms with Gasteiger partial charge in [0.15, 0.2) is 6.61 Å². The van der Waals surface area contributed by atoms with Crippen LogP contribution in [0.15, 0.2) is 30.6 Å². The molecule has 7 nitrogen and oxygen atoms in total. The minimum absolute atomic E-state index is 0.107. The molecule has 0 aliphatic carbocycles. The van der Waals surface area contributed by atoms with Gasteiger partial charge in [-0.15, -0.1) is 0 Å². The Morgan fingerprint density at radius 2 is 2.00 bits per heavy atom. The number of rotatable bonds is 4. The van der Waals surface area contributed by atoms with Gasteiger partial charge in [-0.25, -0.2) is 9.97 Å². The van der Waals surface area contributed by atoms with E-state index in [4.69, 9.17) is 9.47 Å². The number of anilines is 1. The Bertz CT molecular complexity index is 938. The maximum atomic E-state index is 12.4. The normalized spacial score (nSPS) is 15.3. The molecule has 1 aliphatic heterocycles. The molecule has 1 aliphatic rings. The van der Waals surface area contributed by atoms with Crippen molar-refractivity contribution in [3.63, 3.8) is 0 Å². The summed E-state index contributed by atoms with van der Waals surface area (Å²) in [4.78, 5) is 10.4. The number of nitrogens with one attached hydrogen (secondary N) is 1. The zero-order valence-corrected chi connectivity index (χ0v) is 14.2. The predicted octanol–water partition coefficient (Wildman–Crippen LogP) is 2.80. The molecule has 0 amide bonds. The number of hydrogen-bond donors (Lipinski definition) is 1. The number of H-pyrrole nitrogens is 1. The van der Waals surface area contributed by atoms with Gasteiger partial charge in [-0.05, 0) is 12.1 Å². The molecule has 27 heavy (non-hydrogen) atoms. The molecule has 4 heterocycles. The monoisotopic (exact) mass is 379 g/mol. The molecule has 0 radical (unpaired) electrons. The van der Waals surface area contributed by atoms with Gasteiger partial charge in [0.2, 0.25) is 5.88 Å². The number of alkyl halides is 3. The molecule has 10 heteroatoms. The van der Waals surface area contributed by atoms with E-state index in [0.29, 0.717) is 29.8 Å². The molecule has 1 fully saturated rings. The molecule has 0 unspecified atom stereocenters. The summed E-state index contributed by atoms with van der Waals surface area (Å²) in [5.74, 6) is 0.694. The zero-order valence-electron chi connectivity index (χ0n) is 14.2. The molecule has 0 spiro atoms. The number of pyridine rings is 2. The Kier molecular flexibility index (Phi) is 4.56. The Balaban J connectivity index is 1.65. The lowest BCUT2D eigenvalue weighted by Crippen LogP contribution is -2.36. The van der Waals surface area contributed by atoms with Crippen LogP contribution in [0.2, 0.25) is 0 Å². The van der Waals surface area contributed by atoms with E-state index in [2.05, 4.69) is 25.1 Å².